The van der Waals surface area contributed by atoms with Crippen molar-refractivity contribution in [2.45, 2.75) is 59.5 Å². The molecule has 5 nitrogen and oxygen atoms in total. The molecule has 0 aliphatic heterocycles. The predicted molar refractivity (Wildman–Crippen MR) is 223 cm³/mol. The van der Waals surface area contributed by atoms with E-state index in [0.717, 1.165) is 56.8 Å². The molecule has 0 heterocycles. The summed E-state index contributed by atoms with van der Waals surface area (Å²) in [6.07, 6.45) is 9.76. The van der Waals surface area contributed by atoms with E-state index < -0.39 is 5.97 Å². The zero-order valence-corrected chi connectivity index (χ0v) is 31.9. The van der Waals surface area contributed by atoms with Gasteiger partial charge in [-0.3, -0.25) is 4.79 Å². The van der Waals surface area contributed by atoms with Crippen LogP contribution in [0.25, 0.3) is 44.3 Å². The third-order valence-corrected chi connectivity index (χ3v) is 11.1. The highest BCUT2D eigenvalue weighted by atomic mass is 16.5. The van der Waals surface area contributed by atoms with Gasteiger partial charge in [-0.25, -0.2) is 4.79 Å². The Kier molecular flexibility index (Phi) is 8.84. The molecule has 0 amide bonds. The molecule has 2 aliphatic rings. The Labute approximate surface area is 321 Å². The molecule has 55 heavy (non-hydrogen) atoms. The van der Waals surface area contributed by atoms with Crippen LogP contribution in [0.15, 0.2) is 127 Å². The molecular weight excluding hydrogens is 681 g/mol. The Hall–Kier alpha value is -6.20. The van der Waals surface area contributed by atoms with Gasteiger partial charge in [0.05, 0.1) is 0 Å². The van der Waals surface area contributed by atoms with Crippen LogP contribution in [0.1, 0.15) is 89.1 Å². The second-order valence-electron chi connectivity index (χ2n) is 16.4. The Morgan fingerprint density at radius 1 is 0.818 bits per heavy atom. The van der Waals surface area contributed by atoms with E-state index in [1.807, 2.05) is 36.4 Å². The first-order chi connectivity index (χ1) is 26.3. The van der Waals surface area contributed by atoms with Gasteiger partial charge >= 0.3 is 5.97 Å². The highest BCUT2D eigenvalue weighted by molar-refractivity contribution is 6.19. The Balaban J connectivity index is 1.30. The number of hydrogen-bond donors (Lipinski definition) is 2. The lowest BCUT2D eigenvalue weighted by molar-refractivity contribution is 0.0693. The van der Waals surface area contributed by atoms with Crippen molar-refractivity contribution >= 4 is 44.9 Å². The molecule has 0 radical (unpaired) electrons. The summed E-state index contributed by atoms with van der Waals surface area (Å²) in [6.45, 7) is 11.8. The lowest BCUT2D eigenvalue weighted by Crippen LogP contribution is -2.28. The first-order valence-electron chi connectivity index (χ1n) is 18.8. The summed E-state index contributed by atoms with van der Waals surface area (Å²) in [6, 6.07) is 33.3. The molecule has 0 aromatic heterocycles. The van der Waals surface area contributed by atoms with E-state index >= 15 is 0 Å². The van der Waals surface area contributed by atoms with Crippen LogP contribution in [0.3, 0.4) is 0 Å². The molecule has 6 aromatic rings. The van der Waals surface area contributed by atoms with Crippen LogP contribution in [0.5, 0.6) is 11.5 Å². The predicted octanol–water partition coefficient (Wildman–Crippen LogP) is 12.3. The standard InChI is InChI=1S/C50H44O5/c1-30-10-12-32(13-11-30)29-55-44-26-35(25-34-17-20-40-37-22-23-49(2,3)27-36(37)28-50(4,5)47(40)45(34)44)39-19-16-33-8-6-7-9-38(33)46(39)42(51)21-15-31-14-18-41(48(53)54)43(52)24-31/h6-26,52H,27-29H2,1-5H3,(H,53,54). The van der Waals surface area contributed by atoms with E-state index in [1.165, 1.54) is 46.0 Å². The number of carbonyl (C=O) groups is 2. The number of carboxylic acids is 1. The molecule has 0 unspecified atom stereocenters. The number of ether oxygens (including phenoxy) is 1. The molecule has 8 rings (SSSR count). The van der Waals surface area contributed by atoms with E-state index in [-0.39, 0.29) is 27.9 Å². The summed E-state index contributed by atoms with van der Waals surface area (Å²) in [5.74, 6) is -1.02. The number of allylic oxidation sites excluding steroid dienone is 5. The van der Waals surface area contributed by atoms with Crippen LogP contribution >= 0.6 is 0 Å². The van der Waals surface area contributed by atoms with Crippen molar-refractivity contribution in [2.24, 2.45) is 5.41 Å². The van der Waals surface area contributed by atoms with Crippen LogP contribution in [-0.2, 0) is 12.0 Å². The second kappa shape index (κ2) is 13.6. The van der Waals surface area contributed by atoms with Crippen molar-refractivity contribution in [3.05, 3.63) is 166 Å². The molecule has 274 valence electrons. The topological polar surface area (TPSA) is 83.8 Å². The van der Waals surface area contributed by atoms with Crippen molar-refractivity contribution in [2.75, 3.05) is 0 Å². The Morgan fingerprint density at radius 3 is 2.33 bits per heavy atom. The van der Waals surface area contributed by atoms with Crippen LogP contribution in [-0.4, -0.2) is 22.0 Å². The molecule has 0 saturated carbocycles. The summed E-state index contributed by atoms with van der Waals surface area (Å²) in [7, 11) is 0. The lowest BCUT2D eigenvalue weighted by atomic mass is 9.64. The van der Waals surface area contributed by atoms with Crippen LogP contribution < -0.4 is 4.74 Å². The van der Waals surface area contributed by atoms with Gasteiger partial charge in [-0.2, -0.15) is 0 Å². The number of aromatic hydroxyl groups is 1. The number of benzene rings is 6. The van der Waals surface area contributed by atoms with Crippen molar-refractivity contribution < 1.29 is 24.5 Å². The number of carboxylic acid groups (broad SMARTS) is 1. The maximum atomic E-state index is 14.3. The first kappa shape index (κ1) is 35.8. The number of rotatable bonds is 8. The molecule has 0 spiro atoms. The smallest absolute Gasteiger partial charge is 0.339 e. The molecule has 0 saturated heterocycles. The fourth-order valence-corrected chi connectivity index (χ4v) is 8.53. The highest BCUT2D eigenvalue weighted by Gasteiger charge is 2.37. The van der Waals surface area contributed by atoms with Crippen molar-refractivity contribution in [1.82, 2.24) is 0 Å². The number of ketones is 1. The summed E-state index contributed by atoms with van der Waals surface area (Å²) < 4.78 is 6.87. The third kappa shape index (κ3) is 6.76. The third-order valence-electron chi connectivity index (χ3n) is 11.1. The van der Waals surface area contributed by atoms with Gasteiger partial charge in [0.2, 0.25) is 0 Å². The molecule has 5 heteroatoms. The van der Waals surface area contributed by atoms with Crippen molar-refractivity contribution in [3.8, 4) is 22.6 Å². The van der Waals surface area contributed by atoms with E-state index in [2.05, 4.69) is 95.3 Å². The monoisotopic (exact) mass is 724 g/mol. The minimum atomic E-state index is -1.22. The van der Waals surface area contributed by atoms with Gasteiger partial charge in [0.25, 0.3) is 0 Å². The maximum absolute atomic E-state index is 14.3. The van der Waals surface area contributed by atoms with Gasteiger partial charge in [0.15, 0.2) is 5.78 Å². The number of aromatic carboxylic acids is 1. The lowest BCUT2D eigenvalue weighted by Gasteiger charge is -2.40. The second-order valence-corrected chi connectivity index (χ2v) is 16.4. The number of fused-ring (bicyclic) bond motifs is 5. The molecule has 0 fully saturated rings. The normalized spacial score (nSPS) is 15.7. The number of phenols is 1. The van der Waals surface area contributed by atoms with Gasteiger partial charge < -0.3 is 14.9 Å². The number of hydrogen-bond acceptors (Lipinski definition) is 4. The highest BCUT2D eigenvalue weighted by Crippen LogP contribution is 2.53. The summed E-state index contributed by atoms with van der Waals surface area (Å²) in [5, 5.41) is 23.5. The van der Waals surface area contributed by atoms with Gasteiger partial charge in [0, 0.05) is 10.9 Å². The minimum absolute atomic E-state index is 0.122. The molecule has 0 bridgehead atoms. The van der Waals surface area contributed by atoms with Crippen molar-refractivity contribution in [3.63, 3.8) is 0 Å². The zero-order valence-electron chi connectivity index (χ0n) is 31.9. The molecule has 0 atom stereocenters. The number of carbonyl (C=O) groups excluding carboxylic acids is 1. The van der Waals surface area contributed by atoms with E-state index in [9.17, 15) is 19.8 Å². The zero-order chi connectivity index (χ0) is 38.6. The fourth-order valence-electron chi connectivity index (χ4n) is 8.53. The first-order valence-corrected chi connectivity index (χ1v) is 18.8. The summed E-state index contributed by atoms with van der Waals surface area (Å²) >= 11 is 0. The largest absolute Gasteiger partial charge is 0.507 e. The SMILES string of the molecule is Cc1ccc(COc2cc(-c3ccc4ccccc4c3C(=O)C=Cc3ccc(C(=O)O)c(O)c3)cc3ccc4c(c23)C(C)(C)CC2=C4C=CC(C)(C)C2)cc1. The van der Waals surface area contributed by atoms with Gasteiger partial charge in [-0.1, -0.05) is 136 Å². The number of aryl methyl sites for hydroxylation is 1. The average Bonchev–Trinajstić information content (AvgIpc) is 3.15. The minimum Gasteiger partial charge on any atom is -0.507 e. The Morgan fingerprint density at radius 2 is 1.56 bits per heavy atom. The summed E-state index contributed by atoms with van der Waals surface area (Å²) in [5.41, 5.74) is 10.1. The fraction of sp³-hybridized carbons (Fsp3) is 0.200. The van der Waals surface area contributed by atoms with E-state index in [4.69, 9.17) is 4.74 Å². The average molecular weight is 725 g/mol. The van der Waals surface area contributed by atoms with Gasteiger partial charge in [-0.05, 0) is 116 Å². The van der Waals surface area contributed by atoms with Gasteiger partial charge in [-0.15, -0.1) is 0 Å². The van der Waals surface area contributed by atoms with Gasteiger partial charge in [0.1, 0.15) is 23.7 Å². The van der Waals surface area contributed by atoms with Crippen LogP contribution in [0.2, 0.25) is 0 Å². The quantitative estimate of drug-likeness (QED) is 0.121. The van der Waals surface area contributed by atoms with Crippen LogP contribution in [0.4, 0.5) is 0 Å². The molecular formula is C50H44O5. The van der Waals surface area contributed by atoms with Crippen molar-refractivity contribution in [1.29, 1.82) is 0 Å². The van der Waals surface area contributed by atoms with E-state index in [0.29, 0.717) is 17.7 Å². The molecule has 2 N–H and O–H groups in total. The maximum Gasteiger partial charge on any atom is 0.339 e. The molecule has 2 aliphatic carbocycles. The summed E-state index contributed by atoms with van der Waals surface area (Å²) in [4.78, 5) is 25.8. The Bertz CT molecular complexity index is 2650. The van der Waals surface area contributed by atoms with Crippen LogP contribution in [0, 0.1) is 12.3 Å². The van der Waals surface area contributed by atoms with E-state index in [1.54, 1.807) is 12.1 Å². The molecule has 6 aromatic carbocycles.